The van der Waals surface area contributed by atoms with Gasteiger partial charge in [-0.05, 0) is 12.8 Å². The molecule has 0 spiro atoms. The minimum atomic E-state index is -1.55. The third-order valence-corrected chi connectivity index (χ3v) is 6.62. The zero-order valence-electron chi connectivity index (χ0n) is 21.4. The van der Waals surface area contributed by atoms with Crippen LogP contribution < -0.4 is 0 Å². The average Bonchev–Trinajstić information content (AvgIpc) is 2.76. The molecule has 0 radical (unpaired) electrons. The van der Waals surface area contributed by atoms with Crippen LogP contribution in [0.3, 0.4) is 0 Å². The number of aliphatic hydroxyl groups excluding tert-OH is 5. The van der Waals surface area contributed by atoms with Gasteiger partial charge in [0.25, 0.3) is 0 Å². The highest BCUT2D eigenvalue weighted by atomic mass is 16.4. The van der Waals surface area contributed by atoms with Gasteiger partial charge in [0.1, 0.15) is 31.0 Å². The van der Waals surface area contributed by atoms with E-state index in [9.17, 15) is 20.4 Å². The van der Waals surface area contributed by atoms with Gasteiger partial charge in [-0.3, -0.25) is 0 Å². The fourth-order valence-corrected chi connectivity index (χ4v) is 4.36. The Kier molecular flexibility index (Phi) is 20.0. The van der Waals surface area contributed by atoms with Crippen molar-refractivity contribution in [3.63, 3.8) is 0 Å². The van der Waals surface area contributed by atoms with Gasteiger partial charge in [0, 0.05) is 0 Å². The molecular formula is C26H56NO5+. The third kappa shape index (κ3) is 17.3. The van der Waals surface area contributed by atoms with Crippen LogP contribution in [0.2, 0.25) is 0 Å². The first-order chi connectivity index (χ1) is 15.2. The van der Waals surface area contributed by atoms with Gasteiger partial charge in [-0.15, -0.1) is 0 Å². The highest BCUT2D eigenvalue weighted by molar-refractivity contribution is 4.80. The Hall–Kier alpha value is -0.240. The van der Waals surface area contributed by atoms with E-state index in [0.29, 0.717) is 4.48 Å². The number of rotatable bonds is 23. The van der Waals surface area contributed by atoms with Crippen LogP contribution in [0.25, 0.3) is 0 Å². The van der Waals surface area contributed by atoms with Crippen molar-refractivity contribution in [1.82, 2.24) is 0 Å². The van der Waals surface area contributed by atoms with Gasteiger partial charge in [-0.2, -0.15) is 0 Å². The summed E-state index contributed by atoms with van der Waals surface area (Å²) in [5, 5.41) is 48.2. The van der Waals surface area contributed by atoms with Crippen LogP contribution in [0.1, 0.15) is 110 Å². The lowest BCUT2D eigenvalue weighted by Crippen LogP contribution is -2.54. The number of aliphatic hydroxyl groups is 5. The molecule has 5 N–H and O–H groups in total. The molecule has 6 heteroatoms. The van der Waals surface area contributed by atoms with E-state index in [1.807, 2.05) is 14.1 Å². The van der Waals surface area contributed by atoms with Crippen molar-refractivity contribution in [1.29, 1.82) is 0 Å². The third-order valence-electron chi connectivity index (χ3n) is 6.62. The van der Waals surface area contributed by atoms with Crippen molar-refractivity contribution in [3.8, 4) is 0 Å². The van der Waals surface area contributed by atoms with E-state index in [2.05, 4.69) is 6.92 Å². The minimum absolute atomic E-state index is 0.287. The van der Waals surface area contributed by atoms with E-state index in [4.69, 9.17) is 5.11 Å². The Morgan fingerprint density at radius 2 is 0.875 bits per heavy atom. The van der Waals surface area contributed by atoms with E-state index < -0.39 is 31.0 Å². The normalized spacial score (nSPS) is 16.1. The monoisotopic (exact) mass is 462 g/mol. The second-order valence-electron chi connectivity index (χ2n) is 10.4. The summed E-state index contributed by atoms with van der Waals surface area (Å²) >= 11 is 0. The predicted octanol–water partition coefficient (Wildman–Crippen LogP) is 3.76. The van der Waals surface area contributed by atoms with Crippen molar-refractivity contribution >= 4 is 0 Å². The van der Waals surface area contributed by atoms with Gasteiger partial charge in [-0.1, -0.05) is 96.8 Å². The maximum atomic E-state index is 10.2. The van der Waals surface area contributed by atoms with Crippen LogP contribution in [0.5, 0.6) is 0 Å². The Morgan fingerprint density at radius 3 is 1.25 bits per heavy atom. The number of hydrogen-bond acceptors (Lipinski definition) is 5. The summed E-state index contributed by atoms with van der Waals surface area (Å²) in [6, 6.07) is 0. The maximum absolute atomic E-state index is 10.2. The first-order valence-electron chi connectivity index (χ1n) is 13.4. The van der Waals surface area contributed by atoms with Gasteiger partial charge in [0.2, 0.25) is 0 Å². The fourth-order valence-electron chi connectivity index (χ4n) is 4.36. The molecule has 32 heavy (non-hydrogen) atoms. The lowest BCUT2D eigenvalue weighted by Gasteiger charge is -2.34. The molecule has 0 unspecified atom stereocenters. The zero-order chi connectivity index (χ0) is 24.2. The summed E-state index contributed by atoms with van der Waals surface area (Å²) in [6.07, 6.45) is 15.8. The SMILES string of the molecule is CCCCCCCCCCCCCCCCCC[N+](C)(C)C[C@H](O)[C@@H](O)[C@H](O)[C@H](O)CO. The van der Waals surface area contributed by atoms with Crippen LogP contribution in [0, 0.1) is 0 Å². The molecule has 0 bridgehead atoms. The molecule has 0 fully saturated rings. The average molecular weight is 463 g/mol. The zero-order valence-corrected chi connectivity index (χ0v) is 21.4. The van der Waals surface area contributed by atoms with E-state index in [1.54, 1.807) is 0 Å². The van der Waals surface area contributed by atoms with Gasteiger partial charge < -0.3 is 30.0 Å². The first kappa shape index (κ1) is 31.8. The molecular weight excluding hydrogens is 406 g/mol. The fraction of sp³-hybridized carbons (Fsp3) is 1.00. The van der Waals surface area contributed by atoms with Crippen molar-refractivity contribution in [2.45, 2.75) is 134 Å². The molecule has 0 amide bonds. The Labute approximate surface area is 198 Å². The van der Waals surface area contributed by atoms with Crippen LogP contribution >= 0.6 is 0 Å². The number of hydrogen-bond donors (Lipinski definition) is 5. The number of quaternary nitrogens is 1. The molecule has 194 valence electrons. The molecule has 0 aromatic rings. The van der Waals surface area contributed by atoms with Gasteiger partial charge in [0.15, 0.2) is 0 Å². The summed E-state index contributed by atoms with van der Waals surface area (Å²) in [5.41, 5.74) is 0. The van der Waals surface area contributed by atoms with Crippen LogP contribution in [0.15, 0.2) is 0 Å². The minimum Gasteiger partial charge on any atom is -0.394 e. The largest absolute Gasteiger partial charge is 0.394 e. The lowest BCUT2D eigenvalue weighted by atomic mass is 10.0. The highest BCUT2D eigenvalue weighted by Gasteiger charge is 2.33. The summed E-state index contributed by atoms with van der Waals surface area (Å²) in [4.78, 5) is 0. The van der Waals surface area contributed by atoms with Crippen molar-refractivity contribution in [3.05, 3.63) is 0 Å². The second kappa shape index (κ2) is 20.2. The molecule has 0 aromatic carbocycles. The summed E-state index contributed by atoms with van der Waals surface area (Å²) in [5.74, 6) is 0. The van der Waals surface area contributed by atoms with Crippen LogP contribution in [-0.2, 0) is 0 Å². The smallest absolute Gasteiger partial charge is 0.131 e. The molecule has 0 aliphatic carbocycles. The first-order valence-corrected chi connectivity index (χ1v) is 13.4. The van der Waals surface area contributed by atoms with Gasteiger partial charge in [-0.25, -0.2) is 0 Å². The summed E-state index contributed by atoms with van der Waals surface area (Å²) in [6.45, 7) is 2.80. The van der Waals surface area contributed by atoms with Crippen molar-refractivity contribution in [2.24, 2.45) is 0 Å². The molecule has 6 nitrogen and oxygen atoms in total. The van der Waals surface area contributed by atoms with Gasteiger partial charge in [0.05, 0.1) is 27.2 Å². The Bertz CT molecular complexity index is 408. The van der Waals surface area contributed by atoms with Crippen LogP contribution in [0.4, 0.5) is 0 Å². The van der Waals surface area contributed by atoms with E-state index in [-0.39, 0.29) is 6.54 Å². The Balaban J connectivity index is 3.61. The molecule has 0 heterocycles. The summed E-state index contributed by atoms with van der Waals surface area (Å²) in [7, 11) is 3.99. The Morgan fingerprint density at radius 1 is 0.531 bits per heavy atom. The molecule has 4 atom stereocenters. The number of nitrogens with zero attached hydrogens (tertiary/aromatic N) is 1. The van der Waals surface area contributed by atoms with Crippen LogP contribution in [-0.4, -0.2) is 88.2 Å². The summed E-state index contributed by atoms with van der Waals surface area (Å²) < 4.78 is 0.540. The van der Waals surface area contributed by atoms with Crippen molar-refractivity contribution in [2.75, 3.05) is 33.8 Å². The van der Waals surface area contributed by atoms with Gasteiger partial charge >= 0.3 is 0 Å². The number of likely N-dealkylation sites (N-methyl/N-ethyl adjacent to an activating group) is 1. The topological polar surface area (TPSA) is 101 Å². The molecule has 0 saturated carbocycles. The quantitative estimate of drug-likeness (QED) is 0.118. The predicted molar refractivity (Wildman–Crippen MR) is 133 cm³/mol. The maximum Gasteiger partial charge on any atom is 0.131 e. The standard InChI is InChI=1S/C26H56NO5/c1-4-5-6-7-8-9-10-11-12-13-14-15-16-17-18-19-20-27(2,3)21-23(29)25(31)26(32)24(30)22-28/h23-26,28-32H,4-22H2,1-3H3/q+1/t23-,24+,25+,26+/m0/s1. The molecule has 0 aliphatic rings. The van der Waals surface area contributed by atoms with E-state index in [1.165, 1.54) is 96.3 Å². The molecule has 0 rings (SSSR count). The second-order valence-corrected chi connectivity index (χ2v) is 10.4. The lowest BCUT2D eigenvalue weighted by molar-refractivity contribution is -0.894. The van der Waals surface area contributed by atoms with Crippen molar-refractivity contribution < 1.29 is 30.0 Å². The molecule has 0 aliphatic heterocycles. The molecule has 0 saturated heterocycles. The molecule has 0 aromatic heterocycles. The van der Waals surface area contributed by atoms with E-state index >= 15 is 0 Å². The highest BCUT2D eigenvalue weighted by Crippen LogP contribution is 2.15. The van der Waals surface area contributed by atoms with E-state index in [0.717, 1.165) is 13.0 Å². The number of unbranched alkanes of at least 4 members (excludes halogenated alkanes) is 15.